The zero-order valence-electron chi connectivity index (χ0n) is 10.7. The van der Waals surface area contributed by atoms with Crippen LogP contribution in [0.3, 0.4) is 0 Å². The number of hydrogen-bond donors (Lipinski definition) is 1. The molecule has 0 aliphatic heterocycles. The molecule has 0 aromatic carbocycles. The third-order valence-electron chi connectivity index (χ3n) is 4.57. The normalized spacial score (nSPS) is 38.5. The van der Waals surface area contributed by atoms with E-state index in [-0.39, 0.29) is 17.7 Å². The van der Waals surface area contributed by atoms with Crippen molar-refractivity contribution in [2.24, 2.45) is 29.4 Å². The molecule has 0 radical (unpaired) electrons. The summed E-state index contributed by atoms with van der Waals surface area (Å²) in [5, 5.41) is 0. The summed E-state index contributed by atoms with van der Waals surface area (Å²) in [5.41, 5.74) is 5.91. The summed E-state index contributed by atoms with van der Waals surface area (Å²) >= 11 is 0. The molecular formula is C14H22FNO. The molecule has 0 heterocycles. The second-order valence-corrected chi connectivity index (χ2v) is 5.54. The highest BCUT2D eigenvalue weighted by Crippen LogP contribution is 2.50. The van der Waals surface area contributed by atoms with Gasteiger partial charge in [-0.3, -0.25) is 4.79 Å². The highest BCUT2D eigenvalue weighted by atomic mass is 19.1. The Morgan fingerprint density at radius 1 is 1.59 bits per heavy atom. The van der Waals surface area contributed by atoms with Crippen LogP contribution in [0.1, 0.15) is 39.5 Å². The fourth-order valence-electron chi connectivity index (χ4n) is 3.27. The number of hydrogen-bond acceptors (Lipinski definition) is 2. The van der Waals surface area contributed by atoms with E-state index in [0.717, 1.165) is 19.3 Å². The third-order valence-corrected chi connectivity index (χ3v) is 4.57. The van der Waals surface area contributed by atoms with Crippen LogP contribution in [0.25, 0.3) is 0 Å². The molecule has 96 valence electrons. The van der Waals surface area contributed by atoms with E-state index in [1.165, 1.54) is 0 Å². The minimum atomic E-state index is -0.447. The molecule has 2 nitrogen and oxygen atoms in total. The maximum absolute atomic E-state index is 13.5. The zero-order chi connectivity index (χ0) is 12.6. The van der Waals surface area contributed by atoms with E-state index in [9.17, 15) is 9.18 Å². The Kier molecular flexibility index (Phi) is 3.67. The zero-order valence-corrected chi connectivity index (χ0v) is 10.7. The van der Waals surface area contributed by atoms with Crippen molar-refractivity contribution in [3.8, 4) is 0 Å². The van der Waals surface area contributed by atoms with Gasteiger partial charge >= 0.3 is 0 Å². The van der Waals surface area contributed by atoms with E-state index >= 15 is 0 Å². The molecule has 1 fully saturated rings. The smallest absolute Gasteiger partial charge is 0.135 e. The van der Waals surface area contributed by atoms with E-state index < -0.39 is 6.04 Å². The standard InChI is InChI=1S/C14H22FNO/c1-3-13(17)11-7-10(11)8(2)9-5-4-6-12(15)14(9)16/h6,8-11,14H,3-5,7,16H2,1-2H3. The minimum Gasteiger partial charge on any atom is -0.322 e. The monoisotopic (exact) mass is 239 g/mol. The first-order valence-corrected chi connectivity index (χ1v) is 6.70. The van der Waals surface area contributed by atoms with Crippen LogP contribution < -0.4 is 5.73 Å². The molecule has 5 unspecified atom stereocenters. The van der Waals surface area contributed by atoms with E-state index in [0.29, 0.717) is 24.0 Å². The number of Topliss-reactive ketones (excluding diaryl/α,β-unsaturated/α-hetero) is 1. The van der Waals surface area contributed by atoms with Crippen molar-refractivity contribution in [3.05, 3.63) is 11.9 Å². The molecule has 0 aromatic rings. The van der Waals surface area contributed by atoms with Crippen LogP contribution in [0.15, 0.2) is 11.9 Å². The van der Waals surface area contributed by atoms with E-state index in [4.69, 9.17) is 5.73 Å². The number of ketones is 1. The second kappa shape index (κ2) is 4.89. The Morgan fingerprint density at radius 3 is 2.94 bits per heavy atom. The summed E-state index contributed by atoms with van der Waals surface area (Å²) in [4.78, 5) is 11.6. The fourth-order valence-corrected chi connectivity index (χ4v) is 3.27. The minimum absolute atomic E-state index is 0.160. The van der Waals surface area contributed by atoms with Crippen LogP contribution in [0.5, 0.6) is 0 Å². The second-order valence-electron chi connectivity index (χ2n) is 5.54. The molecule has 0 bridgehead atoms. The average Bonchev–Trinajstić information content (AvgIpc) is 3.11. The first-order valence-electron chi connectivity index (χ1n) is 6.70. The molecule has 2 aliphatic rings. The van der Waals surface area contributed by atoms with E-state index in [1.54, 1.807) is 6.08 Å². The molecule has 2 aliphatic carbocycles. The maximum Gasteiger partial charge on any atom is 0.135 e. The predicted molar refractivity (Wildman–Crippen MR) is 65.9 cm³/mol. The molecule has 0 spiro atoms. The Balaban J connectivity index is 1.96. The number of rotatable bonds is 4. The summed E-state index contributed by atoms with van der Waals surface area (Å²) in [6.45, 7) is 4.05. The Bertz CT molecular complexity index is 339. The SMILES string of the molecule is CCC(=O)C1CC1C(C)C1CCC=C(F)C1N. The Morgan fingerprint density at radius 2 is 2.29 bits per heavy atom. The van der Waals surface area contributed by atoms with Gasteiger partial charge in [0, 0.05) is 12.3 Å². The van der Waals surface area contributed by atoms with Crippen LogP contribution in [-0.4, -0.2) is 11.8 Å². The van der Waals surface area contributed by atoms with Crippen LogP contribution in [0, 0.1) is 23.7 Å². The number of carbonyl (C=O) groups is 1. The lowest BCUT2D eigenvalue weighted by atomic mass is 9.77. The van der Waals surface area contributed by atoms with E-state index in [1.807, 2.05) is 6.92 Å². The van der Waals surface area contributed by atoms with Crippen LogP contribution in [0.2, 0.25) is 0 Å². The van der Waals surface area contributed by atoms with Gasteiger partial charge in [-0.1, -0.05) is 19.9 Å². The molecule has 0 saturated heterocycles. The summed E-state index contributed by atoms with van der Waals surface area (Å²) in [5.74, 6) is 1.46. The Labute approximate surface area is 102 Å². The number of nitrogens with two attached hydrogens (primary N) is 1. The predicted octanol–water partition coefficient (Wildman–Crippen LogP) is 2.83. The summed E-state index contributed by atoms with van der Waals surface area (Å²) in [7, 11) is 0. The summed E-state index contributed by atoms with van der Waals surface area (Å²) in [6, 6.07) is -0.447. The van der Waals surface area contributed by atoms with Crippen molar-refractivity contribution >= 4 is 5.78 Å². The van der Waals surface area contributed by atoms with Gasteiger partial charge in [0.25, 0.3) is 0 Å². The molecule has 2 rings (SSSR count). The number of halogens is 1. The number of carbonyl (C=O) groups excluding carboxylic acids is 1. The van der Waals surface area contributed by atoms with Crippen molar-refractivity contribution in [3.63, 3.8) is 0 Å². The number of allylic oxidation sites excluding steroid dienone is 1. The highest BCUT2D eigenvalue weighted by molar-refractivity contribution is 5.83. The van der Waals surface area contributed by atoms with Gasteiger partial charge in [0.15, 0.2) is 0 Å². The van der Waals surface area contributed by atoms with Crippen molar-refractivity contribution < 1.29 is 9.18 Å². The molecule has 2 N–H and O–H groups in total. The molecule has 3 heteroatoms. The molecule has 1 saturated carbocycles. The van der Waals surface area contributed by atoms with Crippen molar-refractivity contribution in [1.29, 1.82) is 0 Å². The Hall–Kier alpha value is -0.700. The molecule has 17 heavy (non-hydrogen) atoms. The maximum atomic E-state index is 13.5. The molecule has 0 aromatic heterocycles. The van der Waals surface area contributed by atoms with Gasteiger partial charge in [0.05, 0.1) is 6.04 Å². The average molecular weight is 239 g/mol. The quantitative estimate of drug-likeness (QED) is 0.819. The summed E-state index contributed by atoms with van der Waals surface area (Å²) in [6.07, 6.45) is 4.96. The van der Waals surface area contributed by atoms with Gasteiger partial charge in [-0.25, -0.2) is 4.39 Å². The van der Waals surface area contributed by atoms with Gasteiger partial charge in [-0.05, 0) is 37.0 Å². The molecule has 5 atom stereocenters. The van der Waals surface area contributed by atoms with Gasteiger partial charge in [-0.15, -0.1) is 0 Å². The van der Waals surface area contributed by atoms with E-state index in [2.05, 4.69) is 6.92 Å². The van der Waals surface area contributed by atoms with Crippen LogP contribution in [0.4, 0.5) is 4.39 Å². The van der Waals surface area contributed by atoms with Crippen LogP contribution >= 0.6 is 0 Å². The topological polar surface area (TPSA) is 43.1 Å². The van der Waals surface area contributed by atoms with Gasteiger partial charge in [0.1, 0.15) is 11.6 Å². The summed E-state index contributed by atoms with van der Waals surface area (Å²) < 4.78 is 13.5. The van der Waals surface area contributed by atoms with Crippen LogP contribution in [-0.2, 0) is 4.79 Å². The van der Waals surface area contributed by atoms with Gasteiger partial charge in [0.2, 0.25) is 0 Å². The fraction of sp³-hybridized carbons (Fsp3) is 0.786. The van der Waals surface area contributed by atoms with Gasteiger partial charge < -0.3 is 5.73 Å². The van der Waals surface area contributed by atoms with Crippen molar-refractivity contribution in [2.45, 2.75) is 45.6 Å². The first kappa shape index (κ1) is 12.7. The highest BCUT2D eigenvalue weighted by Gasteiger charge is 2.48. The first-order chi connectivity index (χ1) is 8.06. The molecule has 0 amide bonds. The lowest BCUT2D eigenvalue weighted by molar-refractivity contribution is -0.120. The third kappa shape index (κ3) is 2.44. The molecular weight excluding hydrogens is 217 g/mol. The van der Waals surface area contributed by atoms with Crippen molar-refractivity contribution in [2.75, 3.05) is 0 Å². The van der Waals surface area contributed by atoms with Crippen molar-refractivity contribution in [1.82, 2.24) is 0 Å². The van der Waals surface area contributed by atoms with Gasteiger partial charge in [-0.2, -0.15) is 0 Å². The largest absolute Gasteiger partial charge is 0.322 e. The lowest BCUT2D eigenvalue weighted by Crippen LogP contribution is -2.37. The lowest BCUT2D eigenvalue weighted by Gasteiger charge is -2.31.